The van der Waals surface area contributed by atoms with Crippen molar-refractivity contribution in [1.82, 2.24) is 20.0 Å². The SMILES string of the molecule is C[C@H]1C[C@H](C)CN(Cc2ccc(CNC(=O)Cn3ncc4ccccc4c3=O)cc2)C1. The molecule has 2 heterocycles. The fourth-order valence-electron chi connectivity index (χ4n) is 4.57. The van der Waals surface area contributed by atoms with Gasteiger partial charge in [-0.2, -0.15) is 5.10 Å². The molecule has 162 valence electrons. The normalized spacial score (nSPS) is 19.4. The zero-order chi connectivity index (χ0) is 21.8. The summed E-state index contributed by atoms with van der Waals surface area (Å²) >= 11 is 0. The fourth-order valence-corrected chi connectivity index (χ4v) is 4.57. The van der Waals surface area contributed by atoms with Crippen molar-refractivity contribution in [1.29, 1.82) is 0 Å². The summed E-state index contributed by atoms with van der Waals surface area (Å²) in [5.41, 5.74) is 2.08. The summed E-state index contributed by atoms with van der Waals surface area (Å²) in [5, 5.41) is 8.35. The lowest BCUT2D eigenvalue weighted by Crippen LogP contribution is -2.38. The lowest BCUT2D eigenvalue weighted by Gasteiger charge is -2.35. The minimum atomic E-state index is -0.251. The van der Waals surface area contributed by atoms with Gasteiger partial charge in [-0.1, -0.05) is 56.3 Å². The summed E-state index contributed by atoms with van der Waals surface area (Å²) < 4.78 is 1.21. The van der Waals surface area contributed by atoms with Crippen LogP contribution in [0, 0.1) is 11.8 Å². The van der Waals surface area contributed by atoms with Gasteiger partial charge < -0.3 is 5.32 Å². The molecule has 1 saturated heterocycles. The molecule has 0 aliphatic carbocycles. The van der Waals surface area contributed by atoms with Crippen LogP contribution in [-0.4, -0.2) is 33.7 Å². The second-order valence-electron chi connectivity index (χ2n) is 8.93. The molecular formula is C25H30N4O2. The first-order chi connectivity index (χ1) is 15.0. The maximum atomic E-state index is 12.5. The summed E-state index contributed by atoms with van der Waals surface area (Å²) in [4.78, 5) is 27.4. The first-order valence-corrected chi connectivity index (χ1v) is 11.0. The highest BCUT2D eigenvalue weighted by Gasteiger charge is 2.21. The van der Waals surface area contributed by atoms with E-state index in [0.717, 1.165) is 42.4 Å². The van der Waals surface area contributed by atoms with Crippen molar-refractivity contribution in [2.75, 3.05) is 13.1 Å². The number of amides is 1. The number of carbonyl (C=O) groups is 1. The van der Waals surface area contributed by atoms with Crippen LogP contribution >= 0.6 is 0 Å². The number of fused-ring (bicyclic) bond motifs is 1. The largest absolute Gasteiger partial charge is 0.350 e. The van der Waals surface area contributed by atoms with Crippen molar-refractivity contribution < 1.29 is 4.79 Å². The summed E-state index contributed by atoms with van der Waals surface area (Å²) in [6, 6.07) is 15.7. The molecule has 4 rings (SSSR count). The Labute approximate surface area is 182 Å². The standard InChI is InChI=1S/C25H30N4O2/c1-18-11-19(2)15-28(14-18)16-21-9-7-20(8-10-21)12-26-24(30)17-29-25(31)23-6-4-3-5-22(23)13-27-29/h3-10,13,18-19H,11-12,14-17H2,1-2H3,(H,26,30)/t18-,19-/m0/s1. The first kappa shape index (κ1) is 21.2. The highest BCUT2D eigenvalue weighted by molar-refractivity contribution is 5.81. The Balaban J connectivity index is 1.31. The molecule has 1 fully saturated rings. The fraction of sp³-hybridized carbons (Fsp3) is 0.400. The number of carbonyl (C=O) groups excluding carboxylic acids is 1. The van der Waals surface area contributed by atoms with Crippen molar-refractivity contribution in [3.05, 3.63) is 76.2 Å². The van der Waals surface area contributed by atoms with Crippen LogP contribution in [0.25, 0.3) is 10.8 Å². The minimum absolute atomic E-state index is 0.0902. The number of benzene rings is 2. The molecule has 6 nitrogen and oxygen atoms in total. The molecule has 31 heavy (non-hydrogen) atoms. The molecule has 0 bridgehead atoms. The third-order valence-electron chi connectivity index (χ3n) is 5.92. The smallest absolute Gasteiger partial charge is 0.275 e. The van der Waals surface area contributed by atoms with Crippen molar-refractivity contribution in [3.8, 4) is 0 Å². The van der Waals surface area contributed by atoms with Crippen molar-refractivity contribution in [2.45, 2.75) is 39.9 Å². The van der Waals surface area contributed by atoms with Crippen molar-refractivity contribution in [2.24, 2.45) is 11.8 Å². The van der Waals surface area contributed by atoms with Gasteiger partial charge in [-0.25, -0.2) is 4.68 Å². The van der Waals surface area contributed by atoms with E-state index in [4.69, 9.17) is 0 Å². The molecule has 1 aromatic heterocycles. The quantitative estimate of drug-likeness (QED) is 0.668. The lowest BCUT2D eigenvalue weighted by atomic mass is 9.91. The Morgan fingerprint density at radius 3 is 2.45 bits per heavy atom. The average molecular weight is 419 g/mol. The third kappa shape index (κ3) is 5.39. The number of hydrogen-bond acceptors (Lipinski definition) is 4. The number of piperidine rings is 1. The Morgan fingerprint density at radius 1 is 1.03 bits per heavy atom. The number of nitrogens with one attached hydrogen (secondary N) is 1. The van der Waals surface area contributed by atoms with E-state index in [1.165, 1.54) is 16.7 Å². The second kappa shape index (κ2) is 9.43. The van der Waals surface area contributed by atoms with Crippen LogP contribution in [0.4, 0.5) is 0 Å². The first-order valence-electron chi connectivity index (χ1n) is 11.0. The molecule has 1 aliphatic rings. The number of aromatic nitrogens is 2. The van der Waals surface area contributed by atoms with Crippen LogP contribution in [0.1, 0.15) is 31.4 Å². The summed E-state index contributed by atoms with van der Waals surface area (Å²) in [7, 11) is 0. The third-order valence-corrected chi connectivity index (χ3v) is 5.92. The van der Waals surface area contributed by atoms with Crippen LogP contribution in [-0.2, 0) is 24.4 Å². The van der Waals surface area contributed by atoms with Gasteiger partial charge in [0.25, 0.3) is 5.56 Å². The van der Waals surface area contributed by atoms with Crippen molar-refractivity contribution >= 4 is 16.7 Å². The molecule has 2 atom stereocenters. The van der Waals surface area contributed by atoms with Gasteiger partial charge >= 0.3 is 0 Å². The zero-order valence-electron chi connectivity index (χ0n) is 18.3. The van der Waals surface area contributed by atoms with E-state index in [1.54, 1.807) is 12.3 Å². The molecule has 0 spiro atoms. The van der Waals surface area contributed by atoms with Crippen molar-refractivity contribution in [3.63, 3.8) is 0 Å². The zero-order valence-corrected chi connectivity index (χ0v) is 18.3. The Hall–Kier alpha value is -2.99. The van der Waals surface area contributed by atoms with Gasteiger partial charge in [0.1, 0.15) is 6.54 Å². The van der Waals surface area contributed by atoms with E-state index in [-0.39, 0.29) is 18.0 Å². The van der Waals surface area contributed by atoms with Gasteiger partial charge in [0.05, 0.1) is 11.6 Å². The highest BCUT2D eigenvalue weighted by Crippen LogP contribution is 2.22. The van der Waals surface area contributed by atoms with E-state index in [9.17, 15) is 9.59 Å². The highest BCUT2D eigenvalue weighted by atomic mass is 16.2. The Morgan fingerprint density at radius 2 is 1.71 bits per heavy atom. The number of hydrogen-bond donors (Lipinski definition) is 1. The lowest BCUT2D eigenvalue weighted by molar-refractivity contribution is -0.122. The van der Waals surface area contributed by atoms with Gasteiger partial charge in [0, 0.05) is 31.6 Å². The molecule has 1 N–H and O–H groups in total. The van der Waals surface area contributed by atoms with E-state index < -0.39 is 0 Å². The number of likely N-dealkylation sites (tertiary alicyclic amines) is 1. The summed E-state index contributed by atoms with van der Waals surface area (Å²) in [5.74, 6) is 1.27. The molecule has 0 unspecified atom stereocenters. The molecule has 0 radical (unpaired) electrons. The summed E-state index contributed by atoms with van der Waals surface area (Å²) in [6.07, 6.45) is 2.93. The molecular weight excluding hydrogens is 388 g/mol. The maximum Gasteiger partial charge on any atom is 0.275 e. The number of rotatable bonds is 6. The molecule has 6 heteroatoms. The Bertz CT molecular complexity index is 1100. The van der Waals surface area contributed by atoms with Gasteiger partial charge in [-0.3, -0.25) is 14.5 Å². The van der Waals surface area contributed by atoms with E-state index in [2.05, 4.69) is 53.4 Å². The predicted molar refractivity (Wildman–Crippen MR) is 123 cm³/mol. The van der Waals surface area contributed by atoms with Gasteiger partial charge in [-0.15, -0.1) is 0 Å². The second-order valence-corrected chi connectivity index (χ2v) is 8.93. The molecule has 0 saturated carbocycles. The molecule has 2 aromatic carbocycles. The monoisotopic (exact) mass is 418 g/mol. The van der Waals surface area contributed by atoms with E-state index >= 15 is 0 Å². The van der Waals surface area contributed by atoms with E-state index in [0.29, 0.717) is 11.9 Å². The predicted octanol–water partition coefficient (Wildman–Crippen LogP) is 3.19. The van der Waals surface area contributed by atoms with Crippen LogP contribution in [0.2, 0.25) is 0 Å². The Kier molecular flexibility index (Phi) is 6.47. The van der Waals surface area contributed by atoms with Crippen LogP contribution in [0.5, 0.6) is 0 Å². The van der Waals surface area contributed by atoms with Crippen LogP contribution in [0.3, 0.4) is 0 Å². The van der Waals surface area contributed by atoms with Gasteiger partial charge in [-0.05, 0) is 35.4 Å². The molecule has 3 aromatic rings. The van der Waals surface area contributed by atoms with Gasteiger partial charge in [0.15, 0.2) is 0 Å². The van der Waals surface area contributed by atoms with Crippen LogP contribution in [0.15, 0.2) is 59.5 Å². The average Bonchev–Trinajstić information content (AvgIpc) is 2.75. The maximum absolute atomic E-state index is 12.5. The minimum Gasteiger partial charge on any atom is -0.350 e. The van der Waals surface area contributed by atoms with Crippen LogP contribution < -0.4 is 10.9 Å². The summed E-state index contributed by atoms with van der Waals surface area (Å²) in [6.45, 7) is 8.28. The topological polar surface area (TPSA) is 67.2 Å². The van der Waals surface area contributed by atoms with E-state index in [1.807, 2.05) is 18.2 Å². The molecule has 1 aliphatic heterocycles. The molecule has 1 amide bonds. The number of nitrogens with zero attached hydrogens (tertiary/aromatic N) is 3. The van der Waals surface area contributed by atoms with Gasteiger partial charge in [0.2, 0.25) is 5.91 Å².